The van der Waals surface area contributed by atoms with Gasteiger partial charge >= 0.3 is 5.97 Å². The van der Waals surface area contributed by atoms with Crippen molar-refractivity contribution in [1.82, 2.24) is 4.57 Å². The van der Waals surface area contributed by atoms with Crippen LogP contribution in [0.15, 0.2) is 41.4 Å². The number of rotatable bonds is 9. The lowest BCUT2D eigenvalue weighted by atomic mass is 10.1. The third kappa shape index (κ3) is 5.35. The molecule has 0 spiro atoms. The van der Waals surface area contributed by atoms with E-state index in [2.05, 4.69) is 4.99 Å². The molecule has 0 N–H and O–H groups in total. The molecule has 0 fully saturated rings. The van der Waals surface area contributed by atoms with Gasteiger partial charge in [0.05, 0.1) is 49.6 Å². The van der Waals surface area contributed by atoms with E-state index < -0.39 is 0 Å². The third-order valence-corrected chi connectivity index (χ3v) is 5.78. The fourth-order valence-electron chi connectivity index (χ4n) is 3.21. The van der Waals surface area contributed by atoms with Crippen molar-refractivity contribution in [1.29, 1.82) is 0 Å². The Kier molecular flexibility index (Phi) is 8.02. The summed E-state index contributed by atoms with van der Waals surface area (Å²) in [6.07, 6.45) is 0.118. The molecule has 170 valence electrons. The van der Waals surface area contributed by atoms with Gasteiger partial charge in [0.25, 0.3) is 5.91 Å². The molecular formula is C23H26N2O6S. The predicted molar refractivity (Wildman–Crippen MR) is 121 cm³/mol. The summed E-state index contributed by atoms with van der Waals surface area (Å²) in [5.41, 5.74) is 2.10. The van der Waals surface area contributed by atoms with E-state index in [1.54, 1.807) is 52.5 Å². The standard InChI is InChI=1S/C23H26N2O6S/c1-5-31-22(27)16-7-8-17-20(14-16)32-23(25(17)10-11-28-2)24-21(26)13-15-6-9-18(29-3)19(12-15)30-4/h6-9,12,14H,5,10-11,13H2,1-4H3. The maximum absolute atomic E-state index is 12.7. The second-order valence-corrected chi connectivity index (χ2v) is 7.81. The van der Waals surface area contributed by atoms with E-state index >= 15 is 0 Å². The second kappa shape index (κ2) is 10.9. The Bertz CT molecular complexity index is 1180. The van der Waals surface area contributed by atoms with E-state index in [9.17, 15) is 9.59 Å². The highest BCUT2D eigenvalue weighted by Gasteiger charge is 2.13. The quantitative estimate of drug-likeness (QED) is 0.458. The van der Waals surface area contributed by atoms with Crippen LogP contribution in [0.2, 0.25) is 0 Å². The highest BCUT2D eigenvalue weighted by atomic mass is 32.1. The van der Waals surface area contributed by atoms with Crippen LogP contribution in [0.3, 0.4) is 0 Å². The average Bonchev–Trinajstić information content (AvgIpc) is 3.13. The summed E-state index contributed by atoms with van der Waals surface area (Å²) >= 11 is 1.34. The summed E-state index contributed by atoms with van der Waals surface area (Å²) in [4.78, 5) is 29.7. The Morgan fingerprint density at radius 1 is 1.03 bits per heavy atom. The van der Waals surface area contributed by atoms with Gasteiger partial charge in [-0.05, 0) is 42.8 Å². The Hall–Kier alpha value is -3.17. The molecule has 0 saturated carbocycles. The smallest absolute Gasteiger partial charge is 0.338 e. The molecule has 0 atom stereocenters. The number of aromatic nitrogens is 1. The lowest BCUT2D eigenvalue weighted by Gasteiger charge is -2.08. The first-order valence-electron chi connectivity index (χ1n) is 10.1. The van der Waals surface area contributed by atoms with Crippen LogP contribution in [0.4, 0.5) is 0 Å². The monoisotopic (exact) mass is 458 g/mol. The van der Waals surface area contributed by atoms with Crippen LogP contribution >= 0.6 is 11.3 Å². The van der Waals surface area contributed by atoms with Crippen molar-refractivity contribution in [3.8, 4) is 11.5 Å². The van der Waals surface area contributed by atoms with Crippen LogP contribution in [0.1, 0.15) is 22.8 Å². The van der Waals surface area contributed by atoms with Gasteiger partial charge in [0.15, 0.2) is 16.3 Å². The van der Waals surface area contributed by atoms with Gasteiger partial charge < -0.3 is 23.5 Å². The summed E-state index contributed by atoms with van der Waals surface area (Å²) in [5, 5.41) is 0. The lowest BCUT2D eigenvalue weighted by Crippen LogP contribution is -2.19. The van der Waals surface area contributed by atoms with Crippen molar-refractivity contribution >= 4 is 33.4 Å². The molecule has 0 saturated heterocycles. The van der Waals surface area contributed by atoms with Gasteiger partial charge in [-0.1, -0.05) is 17.4 Å². The summed E-state index contributed by atoms with van der Waals surface area (Å²) in [6.45, 7) is 3.06. The molecule has 1 heterocycles. The maximum atomic E-state index is 12.7. The zero-order valence-electron chi connectivity index (χ0n) is 18.5. The first-order valence-corrected chi connectivity index (χ1v) is 10.9. The van der Waals surface area contributed by atoms with Crippen LogP contribution in [0.5, 0.6) is 11.5 Å². The number of benzene rings is 2. The Morgan fingerprint density at radius 2 is 1.81 bits per heavy atom. The van der Waals surface area contributed by atoms with E-state index in [-0.39, 0.29) is 18.3 Å². The SMILES string of the molecule is CCOC(=O)c1ccc2c(c1)sc(=NC(=O)Cc1ccc(OC)c(OC)c1)n2CCOC. The molecule has 3 aromatic rings. The number of nitrogens with zero attached hydrogens (tertiary/aromatic N) is 2. The molecule has 0 aliphatic carbocycles. The molecule has 2 aromatic carbocycles. The maximum Gasteiger partial charge on any atom is 0.338 e. The van der Waals surface area contributed by atoms with Gasteiger partial charge in [-0.3, -0.25) is 4.79 Å². The third-order valence-electron chi connectivity index (χ3n) is 4.74. The molecular weight excluding hydrogens is 432 g/mol. The Morgan fingerprint density at radius 3 is 2.50 bits per heavy atom. The summed E-state index contributed by atoms with van der Waals surface area (Å²) < 4.78 is 23.6. The number of ether oxygens (including phenoxy) is 4. The minimum absolute atomic E-state index is 0.118. The summed E-state index contributed by atoms with van der Waals surface area (Å²) in [7, 11) is 4.73. The van der Waals surface area contributed by atoms with Gasteiger partial charge in [0.1, 0.15) is 0 Å². The first-order chi connectivity index (χ1) is 15.5. The fraction of sp³-hybridized carbons (Fsp3) is 0.348. The largest absolute Gasteiger partial charge is 0.493 e. The number of esters is 1. The zero-order chi connectivity index (χ0) is 23.1. The molecule has 8 nitrogen and oxygen atoms in total. The van der Waals surface area contributed by atoms with E-state index in [0.29, 0.717) is 41.6 Å². The number of hydrogen-bond donors (Lipinski definition) is 0. The molecule has 3 rings (SSSR count). The molecule has 0 radical (unpaired) electrons. The number of fused-ring (bicyclic) bond motifs is 1. The van der Waals surface area contributed by atoms with Crippen molar-refractivity contribution < 1.29 is 28.5 Å². The van der Waals surface area contributed by atoms with Gasteiger partial charge in [-0.2, -0.15) is 4.99 Å². The summed E-state index contributed by atoms with van der Waals surface area (Å²) in [6, 6.07) is 10.7. The van der Waals surface area contributed by atoms with E-state index in [1.165, 1.54) is 11.3 Å². The van der Waals surface area contributed by atoms with Crippen LogP contribution < -0.4 is 14.3 Å². The van der Waals surface area contributed by atoms with Gasteiger partial charge in [0, 0.05) is 13.7 Å². The molecule has 1 aromatic heterocycles. The molecule has 0 aliphatic rings. The molecule has 0 bridgehead atoms. The number of carbonyl (C=O) groups is 2. The minimum Gasteiger partial charge on any atom is -0.493 e. The van der Waals surface area contributed by atoms with Crippen molar-refractivity contribution in [3.05, 3.63) is 52.3 Å². The predicted octanol–water partition coefficient (Wildman–Crippen LogP) is 3.21. The van der Waals surface area contributed by atoms with Crippen molar-refractivity contribution in [2.75, 3.05) is 34.5 Å². The van der Waals surface area contributed by atoms with Crippen LogP contribution in [-0.2, 0) is 27.2 Å². The number of amides is 1. The number of hydrogen-bond acceptors (Lipinski definition) is 7. The molecule has 0 unspecified atom stereocenters. The Balaban J connectivity index is 1.96. The summed E-state index contributed by atoms with van der Waals surface area (Å²) in [5.74, 6) is 0.482. The normalized spacial score (nSPS) is 11.6. The number of thiazole rings is 1. The lowest BCUT2D eigenvalue weighted by molar-refractivity contribution is -0.117. The Labute approximate surface area is 190 Å². The van der Waals surface area contributed by atoms with Crippen LogP contribution in [0.25, 0.3) is 10.2 Å². The van der Waals surface area contributed by atoms with Crippen molar-refractivity contribution in [3.63, 3.8) is 0 Å². The zero-order valence-corrected chi connectivity index (χ0v) is 19.4. The highest BCUT2D eigenvalue weighted by molar-refractivity contribution is 7.16. The topological polar surface area (TPSA) is 88.4 Å². The minimum atomic E-state index is -0.380. The molecule has 1 amide bonds. The molecule has 0 aliphatic heterocycles. The molecule has 32 heavy (non-hydrogen) atoms. The van der Waals surface area contributed by atoms with E-state index in [4.69, 9.17) is 18.9 Å². The van der Waals surface area contributed by atoms with Crippen LogP contribution in [0, 0.1) is 0 Å². The van der Waals surface area contributed by atoms with E-state index in [1.807, 2.05) is 16.7 Å². The van der Waals surface area contributed by atoms with Gasteiger partial charge in [-0.15, -0.1) is 0 Å². The van der Waals surface area contributed by atoms with Crippen LogP contribution in [-0.4, -0.2) is 51.0 Å². The van der Waals surface area contributed by atoms with Crippen molar-refractivity contribution in [2.24, 2.45) is 4.99 Å². The first kappa shape index (κ1) is 23.5. The number of methoxy groups -OCH3 is 3. The average molecular weight is 459 g/mol. The highest BCUT2D eigenvalue weighted by Crippen LogP contribution is 2.27. The molecule has 9 heteroatoms. The van der Waals surface area contributed by atoms with Crippen molar-refractivity contribution in [2.45, 2.75) is 19.9 Å². The van der Waals surface area contributed by atoms with Gasteiger partial charge in [0.2, 0.25) is 0 Å². The fourth-order valence-corrected chi connectivity index (χ4v) is 4.32. The second-order valence-electron chi connectivity index (χ2n) is 6.80. The van der Waals surface area contributed by atoms with Gasteiger partial charge in [-0.25, -0.2) is 4.79 Å². The van der Waals surface area contributed by atoms with E-state index in [0.717, 1.165) is 15.8 Å². The number of carbonyl (C=O) groups excluding carboxylic acids is 2.